The smallest absolute Gasteiger partial charge is 0.338 e. The SMILES string of the molecule is O=C1CC2CCC(C1)N2CCOC(=O)c1ccc(Br)cc1. The van der Waals surface area contributed by atoms with Crippen LogP contribution >= 0.6 is 15.9 Å². The lowest BCUT2D eigenvalue weighted by Crippen LogP contribution is -2.44. The van der Waals surface area contributed by atoms with Gasteiger partial charge in [0.1, 0.15) is 12.4 Å². The van der Waals surface area contributed by atoms with Crippen LogP contribution in [0.2, 0.25) is 0 Å². The molecule has 2 fully saturated rings. The van der Waals surface area contributed by atoms with Crippen molar-refractivity contribution < 1.29 is 14.3 Å². The summed E-state index contributed by atoms with van der Waals surface area (Å²) in [5, 5.41) is 0. The van der Waals surface area contributed by atoms with Crippen molar-refractivity contribution in [1.29, 1.82) is 0 Å². The topological polar surface area (TPSA) is 46.6 Å². The molecule has 0 spiro atoms. The van der Waals surface area contributed by atoms with E-state index in [1.165, 1.54) is 0 Å². The van der Waals surface area contributed by atoms with Crippen LogP contribution in [0.1, 0.15) is 36.0 Å². The monoisotopic (exact) mass is 351 g/mol. The van der Waals surface area contributed by atoms with Crippen molar-refractivity contribution in [2.24, 2.45) is 0 Å². The van der Waals surface area contributed by atoms with Gasteiger partial charge in [-0.15, -0.1) is 0 Å². The molecule has 0 saturated carbocycles. The van der Waals surface area contributed by atoms with Gasteiger partial charge in [0, 0.05) is 35.9 Å². The molecule has 2 aliphatic heterocycles. The molecule has 2 aliphatic rings. The highest BCUT2D eigenvalue weighted by atomic mass is 79.9. The number of rotatable bonds is 4. The summed E-state index contributed by atoms with van der Waals surface area (Å²) in [6.45, 7) is 1.11. The van der Waals surface area contributed by atoms with E-state index in [9.17, 15) is 9.59 Å². The van der Waals surface area contributed by atoms with Crippen LogP contribution in [0.4, 0.5) is 0 Å². The van der Waals surface area contributed by atoms with Crippen molar-refractivity contribution in [1.82, 2.24) is 4.90 Å². The number of esters is 1. The Kier molecular flexibility index (Phi) is 4.40. The normalized spacial score (nSPS) is 25.1. The zero-order valence-electron chi connectivity index (χ0n) is 11.8. The largest absolute Gasteiger partial charge is 0.461 e. The van der Waals surface area contributed by atoms with Crippen molar-refractivity contribution in [2.45, 2.75) is 37.8 Å². The highest BCUT2D eigenvalue weighted by Gasteiger charge is 2.39. The van der Waals surface area contributed by atoms with Crippen molar-refractivity contribution in [3.8, 4) is 0 Å². The fourth-order valence-corrected chi connectivity index (χ4v) is 3.60. The number of ketones is 1. The summed E-state index contributed by atoms with van der Waals surface area (Å²) in [5.41, 5.74) is 0.565. The number of benzene rings is 1. The number of piperidine rings is 1. The Balaban J connectivity index is 1.49. The summed E-state index contributed by atoms with van der Waals surface area (Å²) >= 11 is 3.34. The zero-order valence-corrected chi connectivity index (χ0v) is 13.3. The number of carbonyl (C=O) groups is 2. The van der Waals surface area contributed by atoms with Gasteiger partial charge < -0.3 is 4.74 Å². The zero-order chi connectivity index (χ0) is 14.8. The van der Waals surface area contributed by atoms with Crippen LogP contribution in [0, 0.1) is 0 Å². The van der Waals surface area contributed by atoms with Gasteiger partial charge in [-0.3, -0.25) is 9.69 Å². The average molecular weight is 352 g/mol. The van der Waals surface area contributed by atoms with E-state index in [0.717, 1.165) is 23.9 Å². The van der Waals surface area contributed by atoms with E-state index < -0.39 is 0 Å². The third-order valence-corrected chi connectivity index (χ3v) is 4.89. The minimum absolute atomic E-state index is 0.289. The van der Waals surface area contributed by atoms with E-state index >= 15 is 0 Å². The molecule has 21 heavy (non-hydrogen) atoms. The molecule has 0 radical (unpaired) electrons. The lowest BCUT2D eigenvalue weighted by Gasteiger charge is -2.33. The maximum Gasteiger partial charge on any atom is 0.338 e. The standard InChI is InChI=1S/C16H18BrNO3/c17-12-3-1-11(2-4-12)16(20)21-8-7-18-13-5-6-14(18)10-15(19)9-13/h1-4,13-14H,5-10H2. The molecule has 2 saturated heterocycles. The van der Waals surface area contributed by atoms with E-state index in [4.69, 9.17) is 4.74 Å². The van der Waals surface area contributed by atoms with E-state index in [1.54, 1.807) is 12.1 Å². The van der Waals surface area contributed by atoms with Crippen molar-refractivity contribution in [3.05, 3.63) is 34.3 Å². The summed E-state index contributed by atoms with van der Waals surface area (Å²) in [7, 11) is 0. The van der Waals surface area contributed by atoms with Gasteiger partial charge in [0.25, 0.3) is 0 Å². The Labute approximate surface area is 132 Å². The van der Waals surface area contributed by atoms with Crippen LogP contribution in [-0.2, 0) is 9.53 Å². The fourth-order valence-electron chi connectivity index (χ4n) is 3.34. The number of halogens is 1. The van der Waals surface area contributed by atoms with Crippen LogP contribution in [0.15, 0.2) is 28.7 Å². The highest BCUT2D eigenvalue weighted by molar-refractivity contribution is 9.10. The van der Waals surface area contributed by atoms with E-state index in [0.29, 0.717) is 42.9 Å². The molecule has 2 atom stereocenters. The van der Waals surface area contributed by atoms with E-state index in [-0.39, 0.29) is 5.97 Å². The summed E-state index contributed by atoms with van der Waals surface area (Å²) < 4.78 is 6.28. The average Bonchev–Trinajstić information content (AvgIpc) is 2.70. The summed E-state index contributed by atoms with van der Waals surface area (Å²) in [5.74, 6) is 0.0912. The van der Waals surface area contributed by atoms with Gasteiger partial charge in [-0.25, -0.2) is 4.79 Å². The number of Topliss-reactive ketones (excluding diaryl/α,β-unsaturated/α-hetero) is 1. The first-order chi connectivity index (χ1) is 10.1. The van der Waals surface area contributed by atoms with Crippen LogP contribution < -0.4 is 0 Å². The second-order valence-corrected chi connectivity index (χ2v) is 6.63. The quantitative estimate of drug-likeness (QED) is 0.782. The summed E-state index contributed by atoms with van der Waals surface area (Å²) in [6.07, 6.45) is 3.52. The molecule has 1 aromatic rings. The molecule has 3 rings (SSSR count). The van der Waals surface area contributed by atoms with Gasteiger partial charge in [-0.2, -0.15) is 0 Å². The molecule has 1 aromatic carbocycles. The molecular weight excluding hydrogens is 334 g/mol. The first-order valence-corrected chi connectivity index (χ1v) is 8.13. The highest BCUT2D eigenvalue weighted by Crippen LogP contribution is 2.33. The second-order valence-electron chi connectivity index (χ2n) is 5.71. The molecule has 2 heterocycles. The van der Waals surface area contributed by atoms with Gasteiger partial charge in [-0.05, 0) is 37.1 Å². The maximum atomic E-state index is 11.9. The molecule has 2 bridgehead atoms. The Morgan fingerprint density at radius 1 is 1.19 bits per heavy atom. The third-order valence-electron chi connectivity index (χ3n) is 4.36. The van der Waals surface area contributed by atoms with Crippen LogP contribution in [0.3, 0.4) is 0 Å². The van der Waals surface area contributed by atoms with Gasteiger partial charge in [0.05, 0.1) is 5.56 Å². The summed E-state index contributed by atoms with van der Waals surface area (Å²) in [6, 6.07) is 7.87. The van der Waals surface area contributed by atoms with Gasteiger partial charge in [0.15, 0.2) is 0 Å². The van der Waals surface area contributed by atoms with Crippen LogP contribution in [0.5, 0.6) is 0 Å². The second kappa shape index (κ2) is 6.28. The molecule has 0 aromatic heterocycles. The lowest BCUT2D eigenvalue weighted by atomic mass is 10.0. The first kappa shape index (κ1) is 14.7. The van der Waals surface area contributed by atoms with Crippen molar-refractivity contribution in [3.63, 3.8) is 0 Å². The predicted molar refractivity (Wildman–Crippen MR) is 82.2 cm³/mol. The molecule has 0 N–H and O–H groups in total. The van der Waals surface area contributed by atoms with Gasteiger partial charge >= 0.3 is 5.97 Å². The number of fused-ring (bicyclic) bond motifs is 2. The Morgan fingerprint density at radius 3 is 2.43 bits per heavy atom. The van der Waals surface area contributed by atoms with Gasteiger partial charge in [-0.1, -0.05) is 15.9 Å². The minimum Gasteiger partial charge on any atom is -0.461 e. The molecule has 5 heteroatoms. The van der Waals surface area contributed by atoms with Crippen molar-refractivity contribution in [2.75, 3.05) is 13.2 Å². The molecule has 0 amide bonds. The summed E-state index contributed by atoms with van der Waals surface area (Å²) in [4.78, 5) is 25.8. The lowest BCUT2D eigenvalue weighted by molar-refractivity contribution is -0.123. The van der Waals surface area contributed by atoms with Crippen LogP contribution in [-0.4, -0.2) is 41.9 Å². The Morgan fingerprint density at radius 2 is 1.81 bits per heavy atom. The Hall–Kier alpha value is -1.20. The maximum absolute atomic E-state index is 11.9. The molecule has 112 valence electrons. The van der Waals surface area contributed by atoms with Crippen molar-refractivity contribution >= 4 is 27.7 Å². The molecular formula is C16H18BrNO3. The van der Waals surface area contributed by atoms with Crippen LogP contribution in [0.25, 0.3) is 0 Å². The molecule has 4 nitrogen and oxygen atoms in total. The fraction of sp³-hybridized carbons (Fsp3) is 0.500. The Bertz CT molecular complexity index is 527. The molecule has 2 unspecified atom stereocenters. The third kappa shape index (κ3) is 3.35. The molecule has 0 aliphatic carbocycles. The predicted octanol–water partition coefficient (Wildman–Crippen LogP) is 2.80. The number of nitrogens with zero attached hydrogens (tertiary/aromatic N) is 1. The number of carbonyl (C=O) groups excluding carboxylic acids is 2. The number of hydrogen-bond donors (Lipinski definition) is 0. The number of ether oxygens (including phenoxy) is 1. The first-order valence-electron chi connectivity index (χ1n) is 7.33. The number of hydrogen-bond acceptors (Lipinski definition) is 4. The van der Waals surface area contributed by atoms with Gasteiger partial charge in [0.2, 0.25) is 0 Å². The minimum atomic E-state index is -0.289. The van der Waals surface area contributed by atoms with E-state index in [1.807, 2.05) is 12.1 Å². The van der Waals surface area contributed by atoms with E-state index in [2.05, 4.69) is 20.8 Å².